The van der Waals surface area contributed by atoms with Crippen molar-refractivity contribution in [1.82, 2.24) is 0 Å². The molecule has 0 amide bonds. The molecule has 3 aliphatic carbocycles. The topological polar surface area (TPSA) is 63.3 Å². The fourth-order valence-electron chi connectivity index (χ4n) is 4.73. The quantitative estimate of drug-likeness (QED) is 0.780. The Morgan fingerprint density at radius 1 is 1.41 bits per heavy atom. The number of carboxylic acids is 1. The van der Waals surface area contributed by atoms with Crippen LogP contribution < -0.4 is 5.73 Å². The van der Waals surface area contributed by atoms with Gasteiger partial charge in [0.25, 0.3) is 0 Å². The van der Waals surface area contributed by atoms with Gasteiger partial charge in [0.2, 0.25) is 0 Å². The van der Waals surface area contributed by atoms with Crippen molar-refractivity contribution in [1.29, 1.82) is 0 Å². The lowest BCUT2D eigenvalue weighted by Crippen LogP contribution is -2.43. The highest BCUT2D eigenvalue weighted by atomic mass is 19.1. The summed E-state index contributed by atoms with van der Waals surface area (Å²) in [7, 11) is 1.50. The lowest BCUT2D eigenvalue weighted by molar-refractivity contribution is -0.142. The molecule has 0 aromatic carbocycles. The Bertz CT molecular complexity index is 319. The summed E-state index contributed by atoms with van der Waals surface area (Å²) in [5.74, 6) is 1.20. The average Bonchev–Trinajstić information content (AvgIpc) is 2.75. The van der Waals surface area contributed by atoms with E-state index in [-0.39, 0.29) is 18.3 Å². The van der Waals surface area contributed by atoms with Crippen LogP contribution in [0.25, 0.3) is 0 Å². The van der Waals surface area contributed by atoms with Gasteiger partial charge in [-0.05, 0) is 62.8 Å². The van der Waals surface area contributed by atoms with E-state index in [0.717, 1.165) is 12.8 Å². The molecule has 3 nitrogen and oxygen atoms in total. The van der Waals surface area contributed by atoms with E-state index >= 15 is 0 Å². The highest BCUT2D eigenvalue weighted by Gasteiger charge is 2.66. The molecule has 6 atom stereocenters. The first kappa shape index (κ1) is 12.8. The summed E-state index contributed by atoms with van der Waals surface area (Å²) >= 11 is 0. The van der Waals surface area contributed by atoms with E-state index in [9.17, 15) is 9.18 Å². The maximum atomic E-state index is 14.2. The van der Waals surface area contributed by atoms with Gasteiger partial charge in [0, 0.05) is 6.42 Å². The van der Waals surface area contributed by atoms with Gasteiger partial charge in [-0.15, -0.1) is 0 Å². The lowest BCUT2D eigenvalue weighted by Gasteiger charge is -2.46. The van der Waals surface area contributed by atoms with Gasteiger partial charge in [-0.3, -0.25) is 4.79 Å². The molecule has 0 bridgehead atoms. The Morgan fingerprint density at radius 2 is 2.06 bits per heavy atom. The van der Waals surface area contributed by atoms with Crippen LogP contribution in [0.5, 0.6) is 0 Å². The Balaban J connectivity index is 0.000000514. The minimum absolute atomic E-state index is 0.234. The van der Waals surface area contributed by atoms with E-state index in [1.54, 1.807) is 6.92 Å². The molecule has 0 aliphatic heterocycles. The number of carbonyl (C=O) groups is 1. The SMILES string of the molecule is CC1(F)C[C@@H]2C3[C@H]1CC[C@@H]3[C@@H]2CC(=O)O.CN. The standard InChI is InChI=1S/C12H17FO2.CH5N/c1-12(13)5-8-7(4-10(14)15)6-2-3-9(12)11(6)8;1-2/h6-9,11H,2-5H2,1H3,(H,14,15);2H2,1H3/t6-,7+,8+,9-,11?,12?;/m1./s1. The minimum atomic E-state index is -1.02. The zero-order valence-electron chi connectivity index (χ0n) is 10.5. The van der Waals surface area contributed by atoms with E-state index in [4.69, 9.17) is 5.11 Å². The third-order valence-electron chi connectivity index (χ3n) is 5.18. The molecule has 98 valence electrons. The molecule has 3 rings (SSSR count). The monoisotopic (exact) mass is 243 g/mol. The molecule has 3 fully saturated rings. The molecular weight excluding hydrogens is 221 g/mol. The van der Waals surface area contributed by atoms with E-state index in [1.807, 2.05) is 0 Å². The van der Waals surface area contributed by atoms with Gasteiger partial charge in [-0.1, -0.05) is 0 Å². The molecular formula is C13H22FNO2. The van der Waals surface area contributed by atoms with Crippen LogP contribution in [-0.4, -0.2) is 23.8 Å². The number of rotatable bonds is 2. The fraction of sp³-hybridized carbons (Fsp3) is 0.923. The van der Waals surface area contributed by atoms with Crippen molar-refractivity contribution in [3.8, 4) is 0 Å². The van der Waals surface area contributed by atoms with Gasteiger partial charge in [0.15, 0.2) is 0 Å². The predicted molar refractivity (Wildman–Crippen MR) is 63.2 cm³/mol. The largest absolute Gasteiger partial charge is 0.481 e. The number of carboxylic acid groups (broad SMARTS) is 1. The van der Waals surface area contributed by atoms with Crippen LogP contribution in [0, 0.1) is 29.6 Å². The Hall–Kier alpha value is -0.640. The first-order valence-corrected chi connectivity index (χ1v) is 6.49. The number of halogens is 1. The Morgan fingerprint density at radius 3 is 2.65 bits per heavy atom. The molecule has 3 aliphatic rings. The smallest absolute Gasteiger partial charge is 0.303 e. The molecule has 0 saturated heterocycles. The van der Waals surface area contributed by atoms with Gasteiger partial charge in [-0.25, -0.2) is 4.39 Å². The van der Waals surface area contributed by atoms with Crippen LogP contribution >= 0.6 is 0 Å². The summed E-state index contributed by atoms with van der Waals surface area (Å²) in [4.78, 5) is 10.7. The van der Waals surface area contributed by atoms with Crippen molar-refractivity contribution in [3.05, 3.63) is 0 Å². The molecule has 0 heterocycles. The number of nitrogens with two attached hydrogens (primary N) is 1. The molecule has 2 unspecified atom stereocenters. The Labute approximate surface area is 102 Å². The van der Waals surface area contributed by atoms with Crippen molar-refractivity contribution in [3.63, 3.8) is 0 Å². The summed E-state index contributed by atoms with van der Waals surface area (Å²) < 4.78 is 14.2. The first-order chi connectivity index (χ1) is 8.00. The number of alkyl halides is 1. The second kappa shape index (κ2) is 4.23. The van der Waals surface area contributed by atoms with Gasteiger partial charge >= 0.3 is 5.97 Å². The van der Waals surface area contributed by atoms with E-state index in [0.29, 0.717) is 24.2 Å². The predicted octanol–water partition coefficient (Wildman–Crippen LogP) is 2.06. The van der Waals surface area contributed by atoms with Gasteiger partial charge in [0.05, 0.1) is 0 Å². The molecule has 0 aromatic heterocycles. The van der Waals surface area contributed by atoms with Crippen molar-refractivity contribution >= 4 is 5.97 Å². The maximum absolute atomic E-state index is 14.2. The third-order valence-corrected chi connectivity index (χ3v) is 5.18. The van der Waals surface area contributed by atoms with Crippen LogP contribution in [0.4, 0.5) is 4.39 Å². The van der Waals surface area contributed by atoms with Gasteiger partial charge in [-0.2, -0.15) is 0 Å². The summed E-state index contributed by atoms with van der Waals surface area (Å²) in [5, 5.41) is 8.83. The number of aliphatic carboxylic acids is 1. The van der Waals surface area contributed by atoms with Crippen molar-refractivity contribution in [2.45, 2.75) is 38.3 Å². The second-order valence-electron chi connectivity index (χ2n) is 5.83. The minimum Gasteiger partial charge on any atom is -0.481 e. The summed E-state index contributed by atoms with van der Waals surface area (Å²) in [5.41, 5.74) is 3.48. The first-order valence-electron chi connectivity index (χ1n) is 6.49. The lowest BCUT2D eigenvalue weighted by atomic mass is 9.58. The van der Waals surface area contributed by atoms with Crippen molar-refractivity contribution in [2.75, 3.05) is 7.05 Å². The van der Waals surface area contributed by atoms with Crippen LogP contribution in [-0.2, 0) is 4.79 Å². The third kappa shape index (κ3) is 1.77. The molecule has 0 spiro atoms. The van der Waals surface area contributed by atoms with E-state index < -0.39 is 11.6 Å². The highest BCUT2D eigenvalue weighted by molar-refractivity contribution is 5.67. The summed E-state index contributed by atoms with van der Waals surface area (Å²) in [6.45, 7) is 1.72. The molecule has 3 N–H and O–H groups in total. The second-order valence-corrected chi connectivity index (χ2v) is 5.83. The van der Waals surface area contributed by atoms with Crippen LogP contribution in [0.15, 0.2) is 0 Å². The van der Waals surface area contributed by atoms with E-state index in [1.165, 1.54) is 7.05 Å². The van der Waals surface area contributed by atoms with Gasteiger partial charge < -0.3 is 10.8 Å². The molecule has 17 heavy (non-hydrogen) atoms. The van der Waals surface area contributed by atoms with Crippen molar-refractivity contribution in [2.24, 2.45) is 35.3 Å². The normalized spacial score (nSPS) is 50.0. The zero-order chi connectivity index (χ0) is 12.8. The molecule has 0 radical (unpaired) electrons. The van der Waals surface area contributed by atoms with Crippen LogP contribution in [0.2, 0.25) is 0 Å². The molecule has 4 heteroatoms. The van der Waals surface area contributed by atoms with Gasteiger partial charge in [0.1, 0.15) is 5.67 Å². The zero-order valence-corrected chi connectivity index (χ0v) is 10.5. The van der Waals surface area contributed by atoms with E-state index in [2.05, 4.69) is 5.73 Å². The Kier molecular flexibility index (Phi) is 3.19. The molecule has 0 aromatic rings. The van der Waals surface area contributed by atoms with Crippen LogP contribution in [0.1, 0.15) is 32.6 Å². The fourth-order valence-corrected chi connectivity index (χ4v) is 4.73. The van der Waals surface area contributed by atoms with Crippen molar-refractivity contribution < 1.29 is 14.3 Å². The summed E-state index contributed by atoms with van der Waals surface area (Å²) in [6.07, 6.45) is 2.91. The maximum Gasteiger partial charge on any atom is 0.303 e. The number of hydrogen-bond acceptors (Lipinski definition) is 2. The highest BCUT2D eigenvalue weighted by Crippen LogP contribution is 2.69. The summed E-state index contributed by atoms with van der Waals surface area (Å²) in [6, 6.07) is 0. The number of hydrogen-bond donors (Lipinski definition) is 2. The van der Waals surface area contributed by atoms with Crippen LogP contribution in [0.3, 0.4) is 0 Å². The average molecular weight is 243 g/mol. The molecule has 3 saturated carbocycles.